The number of nitrogens with zero attached hydrogens (tertiary/aromatic N) is 1. The van der Waals surface area contributed by atoms with E-state index < -0.39 is 5.97 Å². The highest BCUT2D eigenvalue weighted by Gasteiger charge is 2.47. The number of hydrogen-bond acceptors (Lipinski definition) is 4. The molecule has 1 N–H and O–H groups in total. The molecule has 2 heterocycles. The summed E-state index contributed by atoms with van der Waals surface area (Å²) in [6.45, 7) is 4.63. The van der Waals surface area contributed by atoms with Crippen LogP contribution >= 0.6 is 0 Å². The number of carbonyl (C=O) groups is 2. The highest BCUT2D eigenvalue weighted by molar-refractivity contribution is 6.05. The van der Waals surface area contributed by atoms with Gasteiger partial charge in [0.25, 0.3) is 5.91 Å². The Morgan fingerprint density at radius 1 is 1.04 bits per heavy atom. The maximum atomic E-state index is 13.5. The third kappa shape index (κ3) is 3.02. The summed E-state index contributed by atoms with van der Waals surface area (Å²) in [7, 11) is 1.34. The second-order valence-electron chi connectivity index (χ2n) is 7.38. The van der Waals surface area contributed by atoms with Crippen molar-refractivity contribution in [3.05, 3.63) is 70.8 Å². The lowest BCUT2D eigenvalue weighted by Crippen LogP contribution is -2.35. The number of fused-ring (bicyclic) bond motifs is 1. The summed E-state index contributed by atoms with van der Waals surface area (Å²) in [5, 5.41) is 3.47. The molecule has 2 aliphatic rings. The van der Waals surface area contributed by atoms with Gasteiger partial charge in [0.1, 0.15) is 0 Å². The average molecular weight is 364 g/mol. The van der Waals surface area contributed by atoms with Crippen LogP contribution in [0.4, 0.5) is 0 Å². The second-order valence-corrected chi connectivity index (χ2v) is 7.38. The minimum absolute atomic E-state index is 0.0180. The number of hydrogen-bond donors (Lipinski definition) is 1. The lowest BCUT2D eigenvalue weighted by molar-refractivity contribution is 0.0586. The molecule has 3 atom stereocenters. The first-order chi connectivity index (χ1) is 13.1. The number of amides is 1. The first-order valence-electron chi connectivity index (χ1n) is 9.36. The molecule has 0 bridgehead atoms. The smallest absolute Gasteiger partial charge is 0.338 e. The quantitative estimate of drug-likeness (QED) is 0.851. The molecule has 2 fully saturated rings. The van der Waals surface area contributed by atoms with Gasteiger partial charge < -0.3 is 15.0 Å². The van der Waals surface area contributed by atoms with Gasteiger partial charge in [-0.05, 0) is 36.1 Å². The number of carbonyl (C=O) groups excluding carboxylic acids is 2. The predicted molar refractivity (Wildman–Crippen MR) is 103 cm³/mol. The molecule has 0 radical (unpaired) electrons. The Balaban J connectivity index is 1.75. The van der Waals surface area contributed by atoms with Crippen LogP contribution in [0.5, 0.6) is 0 Å². The van der Waals surface area contributed by atoms with Crippen LogP contribution < -0.4 is 5.32 Å². The van der Waals surface area contributed by atoms with Gasteiger partial charge in [0.15, 0.2) is 0 Å². The van der Waals surface area contributed by atoms with Gasteiger partial charge in [0, 0.05) is 25.6 Å². The lowest BCUT2D eigenvalue weighted by atomic mass is 9.87. The Kier molecular flexibility index (Phi) is 4.70. The minimum atomic E-state index is -0.479. The maximum Gasteiger partial charge on any atom is 0.338 e. The largest absolute Gasteiger partial charge is 0.465 e. The monoisotopic (exact) mass is 364 g/mol. The Labute approximate surface area is 159 Å². The van der Waals surface area contributed by atoms with Gasteiger partial charge in [0.05, 0.1) is 24.3 Å². The predicted octanol–water partition coefficient (Wildman–Crippen LogP) is 2.81. The summed E-state index contributed by atoms with van der Waals surface area (Å²) in [4.78, 5) is 27.6. The number of esters is 1. The SMILES string of the molecule is COC(=O)c1ccccc1C(=O)N1C[C@@H]2CNC[C@@H]2[C@@H]1c1ccccc1C. The molecule has 5 heteroatoms. The lowest BCUT2D eigenvalue weighted by Gasteiger charge is -2.30. The number of rotatable bonds is 3. The molecule has 5 nitrogen and oxygen atoms in total. The van der Waals surface area contributed by atoms with E-state index in [2.05, 4.69) is 24.4 Å². The minimum Gasteiger partial charge on any atom is -0.465 e. The first-order valence-corrected chi connectivity index (χ1v) is 9.36. The molecule has 4 rings (SSSR count). The fourth-order valence-electron chi connectivity index (χ4n) is 4.56. The number of likely N-dealkylation sites (tertiary alicyclic amines) is 1. The van der Waals surface area contributed by atoms with E-state index in [4.69, 9.17) is 4.74 Å². The molecule has 27 heavy (non-hydrogen) atoms. The van der Waals surface area contributed by atoms with Gasteiger partial charge in [0.2, 0.25) is 0 Å². The fourth-order valence-corrected chi connectivity index (χ4v) is 4.56. The van der Waals surface area contributed by atoms with Gasteiger partial charge in [-0.1, -0.05) is 36.4 Å². The molecule has 0 aliphatic carbocycles. The zero-order valence-electron chi connectivity index (χ0n) is 15.6. The first kappa shape index (κ1) is 17.7. The van der Waals surface area contributed by atoms with Crippen molar-refractivity contribution in [1.29, 1.82) is 0 Å². The molecule has 1 amide bonds. The van der Waals surface area contributed by atoms with Crippen LogP contribution in [-0.2, 0) is 4.74 Å². The van der Waals surface area contributed by atoms with Gasteiger partial charge in [-0.25, -0.2) is 4.79 Å². The van der Waals surface area contributed by atoms with E-state index in [9.17, 15) is 9.59 Å². The van der Waals surface area contributed by atoms with E-state index in [1.165, 1.54) is 18.2 Å². The van der Waals surface area contributed by atoms with Crippen LogP contribution in [0, 0.1) is 18.8 Å². The molecule has 0 saturated carbocycles. The van der Waals surface area contributed by atoms with Crippen molar-refractivity contribution in [1.82, 2.24) is 10.2 Å². The number of nitrogens with one attached hydrogen (secondary N) is 1. The van der Waals surface area contributed by atoms with Gasteiger partial charge in [-0.3, -0.25) is 4.79 Å². The van der Waals surface area contributed by atoms with Gasteiger partial charge >= 0.3 is 5.97 Å². The van der Waals surface area contributed by atoms with E-state index >= 15 is 0 Å². The number of methoxy groups -OCH3 is 1. The Morgan fingerprint density at radius 2 is 1.74 bits per heavy atom. The van der Waals surface area contributed by atoms with Crippen LogP contribution in [0.1, 0.15) is 37.9 Å². The molecule has 140 valence electrons. The van der Waals surface area contributed by atoms with Gasteiger partial charge in [-0.2, -0.15) is 0 Å². The zero-order valence-corrected chi connectivity index (χ0v) is 15.6. The molecule has 2 aromatic rings. The summed E-state index contributed by atoms with van der Waals surface area (Å²) in [6.07, 6.45) is 0. The summed E-state index contributed by atoms with van der Waals surface area (Å²) in [5.41, 5.74) is 3.12. The second kappa shape index (κ2) is 7.16. The Hall–Kier alpha value is -2.66. The van der Waals surface area contributed by atoms with Crippen molar-refractivity contribution < 1.29 is 14.3 Å². The van der Waals surface area contributed by atoms with Crippen LogP contribution in [-0.4, -0.2) is 43.5 Å². The third-order valence-corrected chi connectivity index (χ3v) is 5.90. The van der Waals surface area contributed by atoms with E-state index in [0.717, 1.165) is 13.1 Å². The van der Waals surface area contributed by atoms with Crippen molar-refractivity contribution in [2.45, 2.75) is 13.0 Å². The summed E-state index contributed by atoms with van der Waals surface area (Å²) >= 11 is 0. The molecule has 0 unspecified atom stereocenters. The van der Waals surface area contributed by atoms with Crippen molar-refractivity contribution >= 4 is 11.9 Å². The summed E-state index contributed by atoms with van der Waals surface area (Å²) in [6, 6.07) is 15.2. The maximum absolute atomic E-state index is 13.5. The van der Waals surface area contributed by atoms with Crippen LogP contribution in [0.25, 0.3) is 0 Å². The van der Waals surface area contributed by atoms with Crippen molar-refractivity contribution in [2.24, 2.45) is 11.8 Å². The topological polar surface area (TPSA) is 58.6 Å². The summed E-state index contributed by atoms with van der Waals surface area (Å²) in [5.74, 6) is 0.246. The third-order valence-electron chi connectivity index (χ3n) is 5.90. The van der Waals surface area contributed by atoms with E-state index in [1.54, 1.807) is 24.3 Å². The highest BCUT2D eigenvalue weighted by Crippen LogP contribution is 2.44. The van der Waals surface area contributed by atoms with E-state index in [-0.39, 0.29) is 11.9 Å². The Morgan fingerprint density at radius 3 is 2.48 bits per heavy atom. The Bertz CT molecular complexity index is 879. The fraction of sp³-hybridized carbons (Fsp3) is 0.364. The molecular weight excluding hydrogens is 340 g/mol. The average Bonchev–Trinajstić information content (AvgIpc) is 3.28. The molecule has 0 spiro atoms. The van der Waals surface area contributed by atoms with E-state index in [1.807, 2.05) is 17.0 Å². The standard InChI is InChI=1S/C22H24N2O3/c1-14-7-3-4-8-16(14)20-19-12-23-11-15(19)13-24(20)21(25)17-9-5-6-10-18(17)22(26)27-2/h3-10,15,19-20,23H,11-13H2,1-2H3/t15-,19-,20-/m0/s1. The number of ether oxygens (including phenoxy) is 1. The van der Waals surface area contributed by atoms with Crippen molar-refractivity contribution in [3.63, 3.8) is 0 Å². The molecule has 0 aromatic heterocycles. The van der Waals surface area contributed by atoms with Gasteiger partial charge in [-0.15, -0.1) is 0 Å². The molecule has 2 aromatic carbocycles. The van der Waals surface area contributed by atoms with Crippen molar-refractivity contribution in [2.75, 3.05) is 26.7 Å². The zero-order chi connectivity index (χ0) is 19.0. The van der Waals surface area contributed by atoms with Crippen LogP contribution in [0.3, 0.4) is 0 Å². The molecular formula is C22H24N2O3. The van der Waals surface area contributed by atoms with Crippen LogP contribution in [0.15, 0.2) is 48.5 Å². The van der Waals surface area contributed by atoms with Crippen molar-refractivity contribution in [3.8, 4) is 0 Å². The summed E-state index contributed by atoms with van der Waals surface area (Å²) < 4.78 is 4.88. The molecule has 2 aliphatic heterocycles. The number of aryl methyl sites for hydroxylation is 1. The van der Waals surface area contributed by atoms with E-state index in [0.29, 0.717) is 29.5 Å². The van der Waals surface area contributed by atoms with Crippen LogP contribution in [0.2, 0.25) is 0 Å². The normalized spacial score (nSPS) is 23.9. The highest BCUT2D eigenvalue weighted by atomic mass is 16.5. The number of benzene rings is 2. The molecule has 2 saturated heterocycles.